The van der Waals surface area contributed by atoms with Crippen LogP contribution in [0.4, 0.5) is 0 Å². The lowest BCUT2D eigenvalue weighted by molar-refractivity contribution is 0.0732. The van der Waals surface area contributed by atoms with Gasteiger partial charge in [0.1, 0.15) is 5.82 Å². The van der Waals surface area contributed by atoms with Gasteiger partial charge in [-0.1, -0.05) is 0 Å². The molecule has 1 saturated heterocycles. The molecule has 2 rings (SSSR count). The molecule has 1 aromatic rings. The average Bonchev–Trinajstić information content (AvgIpc) is 2.64. The summed E-state index contributed by atoms with van der Waals surface area (Å²) in [5.74, 6) is 1.91. The van der Waals surface area contributed by atoms with Crippen LogP contribution in [0.2, 0.25) is 0 Å². The van der Waals surface area contributed by atoms with Crippen molar-refractivity contribution in [2.24, 2.45) is 5.92 Å². The monoisotopic (exact) mass is 235 g/mol. The number of aromatic nitrogens is 2. The van der Waals surface area contributed by atoms with Crippen molar-refractivity contribution in [2.75, 3.05) is 13.1 Å². The fourth-order valence-electron chi connectivity index (χ4n) is 2.70. The van der Waals surface area contributed by atoms with Crippen LogP contribution in [0.15, 0.2) is 12.4 Å². The SMILES string of the molecule is Cc1nccn1C[C@@H]1CCCN(C(C)(C)C)C1. The Morgan fingerprint density at radius 2 is 2.18 bits per heavy atom. The lowest BCUT2D eigenvalue weighted by Gasteiger charge is -2.41. The molecule has 1 aliphatic heterocycles. The topological polar surface area (TPSA) is 21.1 Å². The number of nitrogens with zero attached hydrogens (tertiary/aromatic N) is 3. The molecule has 1 fully saturated rings. The van der Waals surface area contributed by atoms with Gasteiger partial charge >= 0.3 is 0 Å². The van der Waals surface area contributed by atoms with E-state index in [1.165, 1.54) is 25.9 Å². The van der Waals surface area contributed by atoms with Crippen molar-refractivity contribution in [3.63, 3.8) is 0 Å². The first kappa shape index (κ1) is 12.6. The molecule has 0 spiro atoms. The third kappa shape index (κ3) is 3.09. The van der Waals surface area contributed by atoms with Gasteiger partial charge in [0.2, 0.25) is 0 Å². The van der Waals surface area contributed by atoms with Crippen LogP contribution < -0.4 is 0 Å². The third-order valence-corrected chi connectivity index (χ3v) is 3.85. The summed E-state index contributed by atoms with van der Waals surface area (Å²) in [7, 11) is 0. The zero-order valence-corrected chi connectivity index (χ0v) is 11.6. The fraction of sp³-hybridized carbons (Fsp3) is 0.786. The molecule has 2 heterocycles. The van der Waals surface area contributed by atoms with Gasteiger partial charge in [-0.05, 0) is 53.0 Å². The summed E-state index contributed by atoms with van der Waals surface area (Å²) >= 11 is 0. The first-order valence-electron chi connectivity index (χ1n) is 6.69. The number of piperidine rings is 1. The molecule has 0 saturated carbocycles. The maximum atomic E-state index is 4.30. The molecule has 0 aliphatic carbocycles. The van der Waals surface area contributed by atoms with E-state index in [1.807, 2.05) is 6.20 Å². The van der Waals surface area contributed by atoms with E-state index in [0.717, 1.165) is 18.3 Å². The first-order valence-corrected chi connectivity index (χ1v) is 6.69. The van der Waals surface area contributed by atoms with Gasteiger partial charge in [-0.3, -0.25) is 4.90 Å². The van der Waals surface area contributed by atoms with Crippen molar-refractivity contribution in [3.05, 3.63) is 18.2 Å². The standard InChI is InChI=1S/C14H25N3/c1-12-15-7-9-16(12)10-13-6-5-8-17(11-13)14(2,3)4/h7,9,13H,5-6,8,10-11H2,1-4H3/t13-/m0/s1. The predicted octanol–water partition coefficient (Wildman–Crippen LogP) is 2.70. The minimum Gasteiger partial charge on any atom is -0.335 e. The van der Waals surface area contributed by atoms with Crippen LogP contribution in [0.5, 0.6) is 0 Å². The second-order valence-corrected chi connectivity index (χ2v) is 6.25. The van der Waals surface area contributed by atoms with Crippen LogP contribution in [-0.4, -0.2) is 33.1 Å². The number of likely N-dealkylation sites (tertiary alicyclic amines) is 1. The lowest BCUT2D eigenvalue weighted by Crippen LogP contribution is -2.47. The number of hydrogen-bond donors (Lipinski definition) is 0. The Bertz CT molecular complexity index is 362. The number of imidazole rings is 1. The summed E-state index contributed by atoms with van der Waals surface area (Å²) in [6.45, 7) is 12.6. The molecule has 1 atom stereocenters. The normalized spacial score (nSPS) is 22.9. The van der Waals surface area contributed by atoms with Crippen molar-refractivity contribution in [1.82, 2.24) is 14.5 Å². The van der Waals surface area contributed by atoms with Gasteiger partial charge in [0.15, 0.2) is 0 Å². The Kier molecular flexibility index (Phi) is 3.57. The minimum absolute atomic E-state index is 0.308. The van der Waals surface area contributed by atoms with E-state index in [2.05, 4.69) is 48.3 Å². The molecule has 3 nitrogen and oxygen atoms in total. The van der Waals surface area contributed by atoms with Crippen molar-refractivity contribution in [2.45, 2.75) is 52.6 Å². The van der Waals surface area contributed by atoms with Crippen LogP contribution >= 0.6 is 0 Å². The largest absolute Gasteiger partial charge is 0.335 e. The van der Waals surface area contributed by atoms with E-state index in [9.17, 15) is 0 Å². The van der Waals surface area contributed by atoms with Crippen LogP contribution in [0.3, 0.4) is 0 Å². The van der Waals surface area contributed by atoms with E-state index < -0.39 is 0 Å². The number of hydrogen-bond acceptors (Lipinski definition) is 2. The van der Waals surface area contributed by atoms with Crippen LogP contribution in [0.25, 0.3) is 0 Å². The van der Waals surface area contributed by atoms with E-state index in [-0.39, 0.29) is 0 Å². The van der Waals surface area contributed by atoms with Crippen molar-refractivity contribution in [3.8, 4) is 0 Å². The molecular formula is C14H25N3. The number of aryl methyl sites for hydroxylation is 1. The van der Waals surface area contributed by atoms with E-state index >= 15 is 0 Å². The molecule has 0 aromatic carbocycles. The van der Waals surface area contributed by atoms with Gasteiger partial charge in [-0.2, -0.15) is 0 Å². The quantitative estimate of drug-likeness (QED) is 0.786. The van der Waals surface area contributed by atoms with Crippen LogP contribution in [0, 0.1) is 12.8 Å². The zero-order chi connectivity index (χ0) is 12.5. The molecule has 17 heavy (non-hydrogen) atoms. The molecule has 1 aliphatic rings. The van der Waals surface area contributed by atoms with E-state index in [1.54, 1.807) is 0 Å². The number of rotatable bonds is 2. The molecule has 0 radical (unpaired) electrons. The minimum atomic E-state index is 0.308. The summed E-state index contributed by atoms with van der Waals surface area (Å²) in [5.41, 5.74) is 0.308. The zero-order valence-electron chi connectivity index (χ0n) is 11.6. The van der Waals surface area contributed by atoms with Gasteiger partial charge in [0, 0.05) is 31.0 Å². The van der Waals surface area contributed by atoms with Crippen LogP contribution in [-0.2, 0) is 6.54 Å². The smallest absolute Gasteiger partial charge is 0.105 e. The lowest BCUT2D eigenvalue weighted by atomic mass is 9.93. The third-order valence-electron chi connectivity index (χ3n) is 3.85. The average molecular weight is 235 g/mol. The van der Waals surface area contributed by atoms with E-state index in [4.69, 9.17) is 0 Å². The van der Waals surface area contributed by atoms with Crippen molar-refractivity contribution >= 4 is 0 Å². The maximum absolute atomic E-state index is 4.30. The molecule has 1 aromatic heterocycles. The summed E-state index contributed by atoms with van der Waals surface area (Å²) in [4.78, 5) is 6.92. The Morgan fingerprint density at radius 1 is 1.41 bits per heavy atom. The highest BCUT2D eigenvalue weighted by atomic mass is 15.2. The molecule has 3 heteroatoms. The highest BCUT2D eigenvalue weighted by Gasteiger charge is 2.27. The fourth-order valence-corrected chi connectivity index (χ4v) is 2.70. The second-order valence-electron chi connectivity index (χ2n) is 6.25. The predicted molar refractivity (Wildman–Crippen MR) is 71.0 cm³/mol. The van der Waals surface area contributed by atoms with Gasteiger partial charge < -0.3 is 4.57 Å². The molecular weight excluding hydrogens is 210 g/mol. The highest BCUT2D eigenvalue weighted by Crippen LogP contribution is 2.24. The highest BCUT2D eigenvalue weighted by molar-refractivity contribution is 4.90. The second kappa shape index (κ2) is 4.81. The molecule has 0 N–H and O–H groups in total. The molecule has 0 unspecified atom stereocenters. The Morgan fingerprint density at radius 3 is 2.76 bits per heavy atom. The summed E-state index contributed by atoms with van der Waals surface area (Å²) < 4.78 is 2.29. The summed E-state index contributed by atoms with van der Waals surface area (Å²) in [6.07, 6.45) is 6.69. The molecule has 0 bridgehead atoms. The Hall–Kier alpha value is -0.830. The van der Waals surface area contributed by atoms with Gasteiger partial charge in [0.25, 0.3) is 0 Å². The van der Waals surface area contributed by atoms with E-state index in [0.29, 0.717) is 5.54 Å². The molecule has 0 amide bonds. The van der Waals surface area contributed by atoms with Gasteiger partial charge in [-0.25, -0.2) is 4.98 Å². The molecule has 96 valence electrons. The van der Waals surface area contributed by atoms with Crippen LogP contribution in [0.1, 0.15) is 39.4 Å². The summed E-state index contributed by atoms with van der Waals surface area (Å²) in [5, 5.41) is 0. The van der Waals surface area contributed by atoms with Gasteiger partial charge in [0.05, 0.1) is 0 Å². The summed E-state index contributed by atoms with van der Waals surface area (Å²) in [6, 6.07) is 0. The Balaban J connectivity index is 1.96. The van der Waals surface area contributed by atoms with Gasteiger partial charge in [-0.15, -0.1) is 0 Å². The first-order chi connectivity index (χ1) is 7.97. The Labute approximate surface area is 105 Å². The van der Waals surface area contributed by atoms with Crippen molar-refractivity contribution < 1.29 is 0 Å². The maximum Gasteiger partial charge on any atom is 0.105 e. The van der Waals surface area contributed by atoms with Crippen molar-refractivity contribution in [1.29, 1.82) is 0 Å².